The van der Waals surface area contributed by atoms with Crippen molar-refractivity contribution in [3.05, 3.63) is 42.0 Å². The molecule has 1 fully saturated rings. The fourth-order valence-corrected chi connectivity index (χ4v) is 4.53. The summed E-state index contributed by atoms with van der Waals surface area (Å²) in [7, 11) is -3.44. The van der Waals surface area contributed by atoms with E-state index in [0.717, 1.165) is 17.6 Å². The smallest absolute Gasteiger partial charge is 0.243 e. The summed E-state index contributed by atoms with van der Waals surface area (Å²) in [5.41, 5.74) is 1.85. The molecule has 1 heterocycles. The zero-order chi connectivity index (χ0) is 16.4. The van der Waals surface area contributed by atoms with Crippen molar-refractivity contribution in [2.24, 2.45) is 5.41 Å². The van der Waals surface area contributed by atoms with Crippen LogP contribution in [0.3, 0.4) is 0 Å². The Hall–Kier alpha value is -1.17. The molecule has 0 amide bonds. The van der Waals surface area contributed by atoms with E-state index >= 15 is 0 Å². The van der Waals surface area contributed by atoms with Gasteiger partial charge in [-0.15, -0.1) is 6.58 Å². The summed E-state index contributed by atoms with van der Waals surface area (Å²) in [5.74, 6) is 0. The molecule has 0 aliphatic carbocycles. The number of piperidine rings is 1. The first-order valence-electron chi connectivity index (χ1n) is 7.61. The minimum Gasteiger partial charge on any atom is -0.396 e. The summed E-state index contributed by atoms with van der Waals surface area (Å²) < 4.78 is 26.9. The number of hydrogen-bond donors (Lipinski definition) is 1. The molecule has 2 rings (SSSR count). The average Bonchev–Trinajstić information content (AvgIpc) is 2.47. The van der Waals surface area contributed by atoms with E-state index in [9.17, 15) is 13.5 Å². The van der Waals surface area contributed by atoms with Crippen LogP contribution in [0.1, 0.15) is 31.7 Å². The Balaban J connectivity index is 2.13. The summed E-state index contributed by atoms with van der Waals surface area (Å²) in [4.78, 5) is 0.342. The lowest BCUT2D eigenvalue weighted by Crippen LogP contribution is -2.44. The Kier molecular flexibility index (Phi) is 5.10. The Labute approximate surface area is 133 Å². The summed E-state index contributed by atoms with van der Waals surface area (Å²) in [6.07, 6.45) is 2.09. The molecule has 1 saturated heterocycles. The zero-order valence-electron chi connectivity index (χ0n) is 13.4. The second-order valence-corrected chi connectivity index (χ2v) is 8.45. The molecule has 0 radical (unpaired) electrons. The predicted molar refractivity (Wildman–Crippen MR) is 88.1 cm³/mol. The molecule has 0 unspecified atom stereocenters. The van der Waals surface area contributed by atoms with Crippen molar-refractivity contribution < 1.29 is 13.5 Å². The van der Waals surface area contributed by atoms with Crippen LogP contribution in [-0.2, 0) is 10.0 Å². The molecule has 0 spiro atoms. The predicted octanol–water partition coefficient (Wildman–Crippen LogP) is 2.72. The van der Waals surface area contributed by atoms with Gasteiger partial charge in [-0.2, -0.15) is 4.31 Å². The minimum atomic E-state index is -3.44. The largest absolute Gasteiger partial charge is 0.396 e. The lowest BCUT2D eigenvalue weighted by atomic mass is 9.75. The van der Waals surface area contributed by atoms with Gasteiger partial charge in [-0.3, -0.25) is 0 Å². The highest BCUT2D eigenvalue weighted by Gasteiger charge is 2.38. The number of nitrogens with zero attached hydrogens (tertiary/aromatic N) is 1. The molecule has 5 heteroatoms. The van der Waals surface area contributed by atoms with Crippen molar-refractivity contribution in [2.45, 2.75) is 38.0 Å². The van der Waals surface area contributed by atoms with Gasteiger partial charge in [0, 0.05) is 19.7 Å². The van der Waals surface area contributed by atoms with Crippen LogP contribution in [0.4, 0.5) is 0 Å². The third-order valence-electron chi connectivity index (χ3n) is 4.45. The Morgan fingerprint density at radius 1 is 1.27 bits per heavy atom. The molecular formula is C17H25NO3S. The molecule has 1 N–H and O–H groups in total. The number of rotatable bonds is 5. The monoisotopic (exact) mass is 323 g/mol. The SMILES string of the molecule is C=C(C)CC1(CO)CCN(S(=O)(=O)c2ccc(C)cc2)CC1. The number of aryl methyl sites for hydroxylation is 1. The molecule has 0 aromatic heterocycles. The van der Waals surface area contributed by atoms with Gasteiger partial charge in [0.15, 0.2) is 0 Å². The normalized spacial score (nSPS) is 19.0. The number of benzene rings is 1. The van der Waals surface area contributed by atoms with E-state index in [1.54, 1.807) is 12.1 Å². The van der Waals surface area contributed by atoms with E-state index in [4.69, 9.17) is 0 Å². The van der Waals surface area contributed by atoms with Crippen molar-refractivity contribution in [1.29, 1.82) is 0 Å². The Bertz CT molecular complexity index is 626. The van der Waals surface area contributed by atoms with E-state index in [0.29, 0.717) is 30.8 Å². The highest BCUT2D eigenvalue weighted by Crippen LogP contribution is 2.38. The summed E-state index contributed by atoms with van der Waals surface area (Å²) in [5, 5.41) is 9.72. The maximum atomic E-state index is 12.7. The average molecular weight is 323 g/mol. The highest BCUT2D eigenvalue weighted by molar-refractivity contribution is 7.89. The van der Waals surface area contributed by atoms with Crippen molar-refractivity contribution in [2.75, 3.05) is 19.7 Å². The van der Waals surface area contributed by atoms with Gasteiger partial charge in [-0.25, -0.2) is 8.42 Å². The molecule has 22 heavy (non-hydrogen) atoms. The second-order valence-electron chi connectivity index (χ2n) is 6.51. The van der Waals surface area contributed by atoms with Gasteiger partial charge in [0.25, 0.3) is 0 Å². The van der Waals surface area contributed by atoms with Crippen LogP contribution >= 0.6 is 0 Å². The fraction of sp³-hybridized carbons (Fsp3) is 0.529. The van der Waals surface area contributed by atoms with Crippen molar-refractivity contribution in [1.82, 2.24) is 4.31 Å². The van der Waals surface area contributed by atoms with E-state index < -0.39 is 10.0 Å². The van der Waals surface area contributed by atoms with Gasteiger partial charge in [0.05, 0.1) is 4.90 Å². The van der Waals surface area contributed by atoms with Crippen molar-refractivity contribution in [3.63, 3.8) is 0 Å². The van der Waals surface area contributed by atoms with Gasteiger partial charge in [0.2, 0.25) is 10.0 Å². The lowest BCUT2D eigenvalue weighted by Gasteiger charge is -2.40. The number of hydrogen-bond acceptors (Lipinski definition) is 3. The van der Waals surface area contributed by atoms with Crippen molar-refractivity contribution in [3.8, 4) is 0 Å². The Morgan fingerprint density at radius 3 is 2.27 bits per heavy atom. The van der Waals surface area contributed by atoms with E-state index in [-0.39, 0.29) is 12.0 Å². The van der Waals surface area contributed by atoms with Gasteiger partial charge in [0.1, 0.15) is 0 Å². The van der Waals surface area contributed by atoms with Crippen LogP contribution in [-0.4, -0.2) is 37.5 Å². The molecule has 1 aliphatic rings. The van der Waals surface area contributed by atoms with Gasteiger partial charge in [-0.1, -0.05) is 23.3 Å². The number of allylic oxidation sites excluding steroid dienone is 1. The van der Waals surface area contributed by atoms with Crippen LogP contribution in [0.2, 0.25) is 0 Å². The molecule has 4 nitrogen and oxygen atoms in total. The molecule has 0 bridgehead atoms. The standard InChI is InChI=1S/C17H25NO3S/c1-14(2)12-17(13-19)8-10-18(11-9-17)22(20,21)16-6-4-15(3)5-7-16/h4-7,19H,1,8-13H2,2-3H3. The Morgan fingerprint density at radius 2 is 1.82 bits per heavy atom. The zero-order valence-corrected chi connectivity index (χ0v) is 14.2. The van der Waals surface area contributed by atoms with E-state index in [2.05, 4.69) is 6.58 Å². The topological polar surface area (TPSA) is 57.6 Å². The molecule has 1 aromatic carbocycles. The third-order valence-corrected chi connectivity index (χ3v) is 6.37. The summed E-state index contributed by atoms with van der Waals surface area (Å²) >= 11 is 0. The molecule has 1 aliphatic heterocycles. The quantitative estimate of drug-likeness (QED) is 0.848. The summed E-state index contributed by atoms with van der Waals surface area (Å²) in [6, 6.07) is 6.95. The maximum Gasteiger partial charge on any atom is 0.243 e. The minimum absolute atomic E-state index is 0.0816. The molecule has 0 saturated carbocycles. The first-order valence-corrected chi connectivity index (χ1v) is 9.05. The summed E-state index contributed by atoms with van der Waals surface area (Å²) in [6.45, 7) is 8.79. The van der Waals surface area contributed by atoms with Crippen LogP contribution in [0.25, 0.3) is 0 Å². The number of aliphatic hydroxyl groups is 1. The van der Waals surface area contributed by atoms with Crippen LogP contribution < -0.4 is 0 Å². The molecule has 0 atom stereocenters. The number of aliphatic hydroxyl groups excluding tert-OH is 1. The van der Waals surface area contributed by atoms with E-state index in [1.807, 2.05) is 26.0 Å². The first kappa shape index (κ1) is 17.2. The van der Waals surface area contributed by atoms with Gasteiger partial charge >= 0.3 is 0 Å². The third kappa shape index (κ3) is 3.59. The molecular weight excluding hydrogens is 298 g/mol. The van der Waals surface area contributed by atoms with E-state index in [1.165, 1.54) is 4.31 Å². The van der Waals surface area contributed by atoms with Gasteiger partial charge in [-0.05, 0) is 50.7 Å². The highest BCUT2D eigenvalue weighted by atomic mass is 32.2. The van der Waals surface area contributed by atoms with Crippen LogP contribution in [0, 0.1) is 12.3 Å². The first-order chi connectivity index (χ1) is 10.3. The van der Waals surface area contributed by atoms with Crippen LogP contribution in [0.15, 0.2) is 41.3 Å². The lowest BCUT2D eigenvalue weighted by molar-refractivity contribution is 0.0685. The molecule has 122 valence electrons. The molecule has 1 aromatic rings. The van der Waals surface area contributed by atoms with Crippen molar-refractivity contribution >= 4 is 10.0 Å². The van der Waals surface area contributed by atoms with Crippen LogP contribution in [0.5, 0.6) is 0 Å². The number of sulfonamides is 1. The maximum absolute atomic E-state index is 12.7. The fourth-order valence-electron chi connectivity index (χ4n) is 3.09. The second kappa shape index (κ2) is 6.52. The van der Waals surface area contributed by atoms with Gasteiger partial charge < -0.3 is 5.11 Å².